The van der Waals surface area contributed by atoms with E-state index in [1.165, 1.54) is 0 Å². The molecule has 136 valence electrons. The molecule has 1 N–H and O–H groups in total. The molecule has 8 heteroatoms. The van der Waals surface area contributed by atoms with Gasteiger partial charge in [-0.2, -0.15) is 13.2 Å². The topological polar surface area (TPSA) is 64.6 Å². The van der Waals surface area contributed by atoms with Crippen molar-refractivity contribution in [1.82, 2.24) is 0 Å². The molecule has 3 rings (SSSR count). The highest BCUT2D eigenvalue weighted by Crippen LogP contribution is 2.33. The molecule has 0 spiro atoms. The SMILES string of the molecule is O=C1C[C@H](c2ccccc2OC(=O)Nc2ccc(C(F)(F)F)cc2)CO1. The van der Waals surface area contributed by atoms with Crippen LogP contribution in [0.2, 0.25) is 0 Å². The molecular weight excluding hydrogens is 351 g/mol. The average Bonchev–Trinajstić information content (AvgIpc) is 3.01. The molecular formula is C18H14F3NO4. The predicted octanol–water partition coefficient (Wildman–Crippen LogP) is 4.35. The van der Waals surface area contributed by atoms with Crippen LogP contribution in [0.25, 0.3) is 0 Å². The molecule has 0 radical (unpaired) electrons. The number of ether oxygens (including phenoxy) is 2. The molecule has 1 aliphatic heterocycles. The van der Waals surface area contributed by atoms with E-state index >= 15 is 0 Å². The predicted molar refractivity (Wildman–Crippen MR) is 85.8 cm³/mol. The summed E-state index contributed by atoms with van der Waals surface area (Å²) >= 11 is 0. The van der Waals surface area contributed by atoms with Gasteiger partial charge in [-0.1, -0.05) is 18.2 Å². The van der Waals surface area contributed by atoms with E-state index in [2.05, 4.69) is 5.32 Å². The minimum absolute atomic E-state index is 0.167. The van der Waals surface area contributed by atoms with Gasteiger partial charge in [-0.3, -0.25) is 10.1 Å². The van der Waals surface area contributed by atoms with E-state index < -0.39 is 17.8 Å². The Morgan fingerprint density at radius 2 is 1.81 bits per heavy atom. The highest BCUT2D eigenvalue weighted by molar-refractivity contribution is 5.86. The third-order valence-corrected chi connectivity index (χ3v) is 3.88. The minimum atomic E-state index is -4.45. The number of nitrogens with one attached hydrogen (secondary N) is 1. The first kappa shape index (κ1) is 17.8. The maximum Gasteiger partial charge on any atom is 0.417 e. The molecule has 1 fully saturated rings. The number of halogens is 3. The Balaban J connectivity index is 1.68. The lowest BCUT2D eigenvalue weighted by atomic mass is 9.97. The van der Waals surface area contributed by atoms with Crippen LogP contribution in [0.3, 0.4) is 0 Å². The Labute approximate surface area is 146 Å². The molecule has 0 aromatic heterocycles. The number of alkyl halides is 3. The van der Waals surface area contributed by atoms with Crippen molar-refractivity contribution < 1.29 is 32.2 Å². The summed E-state index contributed by atoms with van der Waals surface area (Å²) in [4.78, 5) is 23.3. The van der Waals surface area contributed by atoms with Crippen molar-refractivity contribution in [3.05, 3.63) is 59.7 Å². The highest BCUT2D eigenvalue weighted by Gasteiger charge is 2.30. The molecule has 1 aliphatic rings. The van der Waals surface area contributed by atoms with E-state index in [0.29, 0.717) is 5.56 Å². The number of cyclic esters (lactones) is 1. The Morgan fingerprint density at radius 1 is 1.12 bits per heavy atom. The fourth-order valence-corrected chi connectivity index (χ4v) is 2.61. The fourth-order valence-electron chi connectivity index (χ4n) is 2.61. The van der Waals surface area contributed by atoms with E-state index in [-0.39, 0.29) is 36.4 Å². The summed E-state index contributed by atoms with van der Waals surface area (Å²) in [5, 5.41) is 2.37. The van der Waals surface area contributed by atoms with Crippen molar-refractivity contribution >= 4 is 17.7 Å². The summed E-state index contributed by atoms with van der Waals surface area (Å²) in [5.74, 6) is -0.267. The molecule has 1 heterocycles. The van der Waals surface area contributed by atoms with E-state index in [4.69, 9.17) is 9.47 Å². The van der Waals surface area contributed by atoms with Crippen LogP contribution in [0.15, 0.2) is 48.5 Å². The first-order valence-electron chi connectivity index (χ1n) is 7.73. The van der Waals surface area contributed by atoms with Crippen molar-refractivity contribution in [1.29, 1.82) is 0 Å². The zero-order valence-electron chi connectivity index (χ0n) is 13.4. The maximum atomic E-state index is 12.5. The molecule has 0 saturated carbocycles. The smallest absolute Gasteiger partial charge is 0.417 e. The second kappa shape index (κ2) is 7.07. The quantitative estimate of drug-likeness (QED) is 0.822. The number of carbonyl (C=O) groups excluding carboxylic acids is 2. The van der Waals surface area contributed by atoms with Crippen LogP contribution in [-0.4, -0.2) is 18.7 Å². The van der Waals surface area contributed by atoms with Crippen molar-refractivity contribution in [2.75, 3.05) is 11.9 Å². The Morgan fingerprint density at radius 3 is 2.42 bits per heavy atom. The molecule has 0 aliphatic carbocycles. The molecule has 26 heavy (non-hydrogen) atoms. The van der Waals surface area contributed by atoms with Crippen molar-refractivity contribution in [3.63, 3.8) is 0 Å². The van der Waals surface area contributed by atoms with Crippen molar-refractivity contribution in [3.8, 4) is 5.75 Å². The Bertz CT molecular complexity index is 818. The minimum Gasteiger partial charge on any atom is -0.465 e. The third-order valence-electron chi connectivity index (χ3n) is 3.88. The number of benzene rings is 2. The van der Waals surface area contributed by atoms with Gasteiger partial charge in [0.25, 0.3) is 0 Å². The van der Waals surface area contributed by atoms with Crippen molar-refractivity contribution in [2.45, 2.75) is 18.5 Å². The summed E-state index contributed by atoms with van der Waals surface area (Å²) in [6.45, 7) is 0.208. The first-order valence-corrected chi connectivity index (χ1v) is 7.73. The molecule has 1 amide bonds. The van der Waals surface area contributed by atoms with E-state index in [1.54, 1.807) is 24.3 Å². The standard InChI is InChI=1S/C18H14F3NO4/c19-18(20,21)12-5-7-13(8-6-12)22-17(24)26-15-4-2-1-3-14(15)11-9-16(23)25-10-11/h1-8,11H,9-10H2,(H,22,24)/t11-/m0/s1. The largest absolute Gasteiger partial charge is 0.465 e. The van der Waals surface area contributed by atoms with Gasteiger partial charge < -0.3 is 9.47 Å². The molecule has 2 aromatic carbocycles. The van der Waals surface area contributed by atoms with Crippen LogP contribution < -0.4 is 10.1 Å². The van der Waals surface area contributed by atoms with Gasteiger partial charge in [0.2, 0.25) is 0 Å². The van der Waals surface area contributed by atoms with Gasteiger partial charge in [0, 0.05) is 17.2 Å². The monoisotopic (exact) mass is 365 g/mol. The maximum absolute atomic E-state index is 12.5. The van der Waals surface area contributed by atoms with Gasteiger partial charge in [-0.15, -0.1) is 0 Å². The number of esters is 1. The Hall–Kier alpha value is -3.03. The molecule has 5 nitrogen and oxygen atoms in total. The fraction of sp³-hybridized carbons (Fsp3) is 0.222. The lowest BCUT2D eigenvalue weighted by Crippen LogP contribution is -2.18. The Kier molecular flexibility index (Phi) is 4.83. The number of rotatable bonds is 3. The number of para-hydroxylation sites is 1. The second-order valence-electron chi connectivity index (χ2n) is 5.71. The van der Waals surface area contributed by atoms with Crippen LogP contribution in [0.1, 0.15) is 23.5 Å². The van der Waals surface area contributed by atoms with Gasteiger partial charge in [-0.05, 0) is 30.3 Å². The zero-order valence-corrected chi connectivity index (χ0v) is 13.4. The summed E-state index contributed by atoms with van der Waals surface area (Å²) in [6.07, 6.45) is -5.10. The normalized spacial score (nSPS) is 16.9. The number of anilines is 1. The van der Waals surface area contributed by atoms with E-state index in [9.17, 15) is 22.8 Å². The van der Waals surface area contributed by atoms with Gasteiger partial charge in [0.05, 0.1) is 18.6 Å². The average molecular weight is 365 g/mol. The van der Waals surface area contributed by atoms with Gasteiger partial charge in [-0.25, -0.2) is 4.79 Å². The summed E-state index contributed by atoms with van der Waals surface area (Å²) < 4.78 is 47.8. The number of amides is 1. The second-order valence-corrected chi connectivity index (χ2v) is 5.71. The van der Waals surface area contributed by atoms with E-state index in [0.717, 1.165) is 24.3 Å². The van der Waals surface area contributed by atoms with Crippen LogP contribution in [-0.2, 0) is 15.7 Å². The zero-order chi connectivity index (χ0) is 18.7. The molecule has 0 unspecified atom stereocenters. The third kappa shape index (κ3) is 4.14. The molecule has 1 saturated heterocycles. The van der Waals surface area contributed by atoms with Gasteiger partial charge >= 0.3 is 18.2 Å². The molecule has 1 atom stereocenters. The molecule has 0 bridgehead atoms. The van der Waals surface area contributed by atoms with Gasteiger partial charge in [0.15, 0.2) is 0 Å². The summed E-state index contributed by atoms with van der Waals surface area (Å²) in [5.41, 5.74) is 0.00782. The van der Waals surface area contributed by atoms with Crippen LogP contribution in [0.5, 0.6) is 5.75 Å². The lowest BCUT2D eigenvalue weighted by molar-refractivity contribution is -0.138. The lowest BCUT2D eigenvalue weighted by Gasteiger charge is -2.14. The van der Waals surface area contributed by atoms with Crippen LogP contribution >= 0.6 is 0 Å². The summed E-state index contributed by atoms with van der Waals surface area (Å²) in [7, 11) is 0. The number of hydrogen-bond donors (Lipinski definition) is 1. The highest BCUT2D eigenvalue weighted by atomic mass is 19.4. The first-order chi connectivity index (χ1) is 12.3. The molecule has 2 aromatic rings. The van der Waals surface area contributed by atoms with Gasteiger partial charge in [0.1, 0.15) is 5.75 Å². The number of hydrogen-bond acceptors (Lipinski definition) is 4. The number of carbonyl (C=O) groups is 2. The van der Waals surface area contributed by atoms with Crippen LogP contribution in [0, 0.1) is 0 Å². The summed E-state index contributed by atoms with van der Waals surface area (Å²) in [6, 6.07) is 10.7. The van der Waals surface area contributed by atoms with Crippen molar-refractivity contribution in [2.24, 2.45) is 0 Å². The van der Waals surface area contributed by atoms with Crippen LogP contribution in [0.4, 0.5) is 23.7 Å². The van der Waals surface area contributed by atoms with E-state index in [1.807, 2.05) is 0 Å².